The smallest absolute Gasteiger partial charge is 0.0961 e. The first kappa shape index (κ1) is 15.0. The molecule has 0 saturated heterocycles. The maximum atomic E-state index is 5.20. The molecular weight excluding hydrogens is 300 g/mol. The van der Waals surface area contributed by atoms with Crippen molar-refractivity contribution >= 4 is 27.7 Å². The number of hydrogen-bond acceptors (Lipinski definition) is 4. The van der Waals surface area contributed by atoms with Crippen LogP contribution in [-0.2, 0) is 4.74 Å². The van der Waals surface area contributed by atoms with Crippen LogP contribution < -0.4 is 5.32 Å². The second-order valence-electron chi connectivity index (χ2n) is 3.73. The van der Waals surface area contributed by atoms with Gasteiger partial charge in [-0.05, 0) is 41.0 Å². The van der Waals surface area contributed by atoms with Gasteiger partial charge in [0.05, 0.1) is 11.6 Å². The van der Waals surface area contributed by atoms with E-state index in [2.05, 4.69) is 33.2 Å². The van der Waals surface area contributed by atoms with Crippen LogP contribution in [0.3, 0.4) is 0 Å². The first-order valence-corrected chi connectivity index (χ1v) is 7.50. The van der Waals surface area contributed by atoms with E-state index in [1.807, 2.05) is 18.3 Å². The molecule has 0 radical (unpaired) electrons. The Morgan fingerprint density at radius 2 is 2.35 bits per heavy atom. The van der Waals surface area contributed by atoms with Crippen LogP contribution in [0.1, 0.15) is 13.3 Å². The quantitative estimate of drug-likeness (QED) is 0.747. The Hall–Kier alpha value is -0.100. The summed E-state index contributed by atoms with van der Waals surface area (Å²) < 4.78 is 6.22. The molecular formula is C12H19BrN2OS. The third-order valence-corrected chi connectivity index (χ3v) is 3.76. The SMILES string of the molecule is CCCNC(COC)CSc1ccc(Br)cn1. The summed E-state index contributed by atoms with van der Waals surface area (Å²) in [5.41, 5.74) is 0. The van der Waals surface area contributed by atoms with Crippen LogP contribution in [0.4, 0.5) is 0 Å². The van der Waals surface area contributed by atoms with Gasteiger partial charge in [0, 0.05) is 29.6 Å². The Balaban J connectivity index is 2.37. The molecule has 1 aromatic rings. The maximum absolute atomic E-state index is 5.20. The second-order valence-corrected chi connectivity index (χ2v) is 5.69. The molecule has 1 heterocycles. The molecule has 0 saturated carbocycles. The van der Waals surface area contributed by atoms with Gasteiger partial charge in [0.2, 0.25) is 0 Å². The Labute approximate surface area is 116 Å². The topological polar surface area (TPSA) is 34.1 Å². The van der Waals surface area contributed by atoms with Crippen molar-refractivity contribution in [1.82, 2.24) is 10.3 Å². The molecule has 17 heavy (non-hydrogen) atoms. The average Bonchev–Trinajstić information content (AvgIpc) is 2.35. The van der Waals surface area contributed by atoms with Crippen molar-refractivity contribution in [3.63, 3.8) is 0 Å². The number of thioether (sulfide) groups is 1. The summed E-state index contributed by atoms with van der Waals surface area (Å²) in [4.78, 5) is 4.34. The number of hydrogen-bond donors (Lipinski definition) is 1. The molecule has 96 valence electrons. The lowest BCUT2D eigenvalue weighted by Gasteiger charge is -2.16. The molecule has 3 nitrogen and oxygen atoms in total. The molecule has 0 spiro atoms. The second kappa shape index (κ2) is 8.91. The van der Waals surface area contributed by atoms with Crippen LogP contribution in [0.5, 0.6) is 0 Å². The molecule has 0 amide bonds. The zero-order valence-corrected chi connectivity index (χ0v) is 12.7. The summed E-state index contributed by atoms with van der Waals surface area (Å²) in [6.45, 7) is 3.94. The summed E-state index contributed by atoms with van der Waals surface area (Å²) >= 11 is 5.13. The van der Waals surface area contributed by atoms with E-state index in [1.165, 1.54) is 0 Å². The van der Waals surface area contributed by atoms with Crippen LogP contribution >= 0.6 is 27.7 Å². The minimum absolute atomic E-state index is 0.385. The van der Waals surface area contributed by atoms with Crippen molar-refractivity contribution in [3.8, 4) is 0 Å². The van der Waals surface area contributed by atoms with Gasteiger partial charge < -0.3 is 10.1 Å². The normalized spacial score (nSPS) is 12.6. The molecule has 0 bridgehead atoms. The largest absolute Gasteiger partial charge is 0.383 e. The molecule has 1 rings (SSSR count). The summed E-state index contributed by atoms with van der Waals surface area (Å²) in [5, 5.41) is 4.52. The van der Waals surface area contributed by atoms with Crippen molar-refractivity contribution in [2.75, 3.05) is 26.0 Å². The Bertz CT molecular complexity index is 308. The van der Waals surface area contributed by atoms with Crippen molar-refractivity contribution < 1.29 is 4.74 Å². The monoisotopic (exact) mass is 318 g/mol. The van der Waals surface area contributed by atoms with Crippen LogP contribution in [0, 0.1) is 0 Å². The molecule has 1 unspecified atom stereocenters. The fourth-order valence-electron chi connectivity index (χ4n) is 1.35. The van der Waals surface area contributed by atoms with Crippen molar-refractivity contribution in [2.45, 2.75) is 24.4 Å². The van der Waals surface area contributed by atoms with Gasteiger partial charge in [-0.2, -0.15) is 0 Å². The third kappa shape index (κ3) is 6.41. The lowest BCUT2D eigenvalue weighted by Crippen LogP contribution is -2.35. The van der Waals surface area contributed by atoms with Crippen LogP contribution in [-0.4, -0.2) is 37.0 Å². The molecule has 0 aliphatic rings. The number of nitrogens with one attached hydrogen (secondary N) is 1. The van der Waals surface area contributed by atoms with E-state index in [0.29, 0.717) is 6.04 Å². The number of methoxy groups -OCH3 is 1. The molecule has 0 aliphatic carbocycles. The number of nitrogens with zero attached hydrogens (tertiary/aromatic N) is 1. The zero-order chi connectivity index (χ0) is 12.5. The first-order valence-electron chi connectivity index (χ1n) is 5.73. The van der Waals surface area contributed by atoms with Gasteiger partial charge in [-0.3, -0.25) is 0 Å². The molecule has 0 aliphatic heterocycles. The number of pyridine rings is 1. The van der Waals surface area contributed by atoms with Crippen molar-refractivity contribution in [3.05, 3.63) is 22.8 Å². The fraction of sp³-hybridized carbons (Fsp3) is 0.583. The minimum Gasteiger partial charge on any atom is -0.383 e. The van der Waals surface area contributed by atoms with E-state index >= 15 is 0 Å². The summed E-state index contributed by atoms with van der Waals surface area (Å²) in [7, 11) is 1.74. The Kier molecular flexibility index (Phi) is 7.84. The van der Waals surface area contributed by atoms with Crippen molar-refractivity contribution in [2.24, 2.45) is 0 Å². The highest BCUT2D eigenvalue weighted by Crippen LogP contribution is 2.18. The van der Waals surface area contributed by atoms with Gasteiger partial charge in [-0.1, -0.05) is 6.92 Å². The average molecular weight is 319 g/mol. The van der Waals surface area contributed by atoms with Gasteiger partial charge in [0.1, 0.15) is 0 Å². The van der Waals surface area contributed by atoms with Gasteiger partial charge in [-0.25, -0.2) is 4.98 Å². The van der Waals surface area contributed by atoms with Crippen LogP contribution in [0.25, 0.3) is 0 Å². The van der Waals surface area contributed by atoms with Gasteiger partial charge >= 0.3 is 0 Å². The van der Waals surface area contributed by atoms with E-state index in [4.69, 9.17) is 4.74 Å². The summed E-state index contributed by atoms with van der Waals surface area (Å²) in [6.07, 6.45) is 2.97. The third-order valence-electron chi connectivity index (χ3n) is 2.18. The molecule has 1 atom stereocenters. The molecule has 0 fully saturated rings. The molecule has 0 aromatic carbocycles. The predicted molar refractivity (Wildman–Crippen MR) is 76.6 cm³/mol. The minimum atomic E-state index is 0.385. The fourth-order valence-corrected chi connectivity index (χ4v) is 2.46. The lowest BCUT2D eigenvalue weighted by molar-refractivity contribution is 0.174. The first-order chi connectivity index (χ1) is 8.26. The lowest BCUT2D eigenvalue weighted by atomic mass is 10.3. The van der Waals surface area contributed by atoms with E-state index in [1.54, 1.807) is 18.9 Å². The standard InChI is InChI=1S/C12H19BrN2OS/c1-3-6-14-11(8-16-2)9-17-12-5-4-10(13)7-15-12/h4-5,7,11,14H,3,6,8-9H2,1-2H3. The Morgan fingerprint density at radius 3 is 2.94 bits per heavy atom. The van der Waals surface area contributed by atoms with Crippen LogP contribution in [0.2, 0.25) is 0 Å². The number of ether oxygens (including phenoxy) is 1. The summed E-state index contributed by atoms with van der Waals surface area (Å²) in [6, 6.07) is 4.42. The highest BCUT2D eigenvalue weighted by Gasteiger charge is 2.08. The summed E-state index contributed by atoms with van der Waals surface area (Å²) in [5.74, 6) is 0.975. The predicted octanol–water partition coefficient (Wildman–Crippen LogP) is 2.95. The zero-order valence-electron chi connectivity index (χ0n) is 10.3. The van der Waals surface area contributed by atoms with E-state index < -0.39 is 0 Å². The number of aromatic nitrogens is 1. The number of halogens is 1. The van der Waals surface area contributed by atoms with E-state index in [9.17, 15) is 0 Å². The van der Waals surface area contributed by atoms with Gasteiger partial charge in [0.25, 0.3) is 0 Å². The highest BCUT2D eigenvalue weighted by atomic mass is 79.9. The van der Waals surface area contributed by atoms with Gasteiger partial charge in [-0.15, -0.1) is 11.8 Å². The van der Waals surface area contributed by atoms with E-state index in [0.717, 1.165) is 34.8 Å². The van der Waals surface area contributed by atoms with Crippen LogP contribution in [0.15, 0.2) is 27.8 Å². The van der Waals surface area contributed by atoms with Gasteiger partial charge in [0.15, 0.2) is 0 Å². The van der Waals surface area contributed by atoms with Crippen molar-refractivity contribution in [1.29, 1.82) is 0 Å². The maximum Gasteiger partial charge on any atom is 0.0961 e. The highest BCUT2D eigenvalue weighted by molar-refractivity contribution is 9.10. The van der Waals surface area contributed by atoms with E-state index in [-0.39, 0.29) is 0 Å². The Morgan fingerprint density at radius 1 is 1.53 bits per heavy atom. The molecule has 1 aromatic heterocycles. The molecule has 1 N–H and O–H groups in total. The number of rotatable bonds is 8. The molecule has 5 heteroatoms.